The zero-order valence-corrected chi connectivity index (χ0v) is 15.2. The lowest BCUT2D eigenvalue weighted by molar-refractivity contribution is 0.717. The van der Waals surface area contributed by atoms with E-state index in [0.717, 1.165) is 21.7 Å². The monoisotopic (exact) mass is 407 g/mol. The van der Waals surface area contributed by atoms with E-state index in [4.69, 9.17) is 0 Å². The molecule has 1 aliphatic rings. The lowest BCUT2D eigenvalue weighted by Crippen LogP contribution is -2.25. The van der Waals surface area contributed by atoms with E-state index in [-0.39, 0.29) is 5.92 Å². The van der Waals surface area contributed by atoms with Gasteiger partial charge in [-0.3, -0.25) is 5.10 Å². The van der Waals surface area contributed by atoms with E-state index in [0.29, 0.717) is 15.9 Å². The molecule has 0 spiro atoms. The molecule has 1 N–H and O–H groups in total. The molecule has 25 heavy (non-hydrogen) atoms. The highest BCUT2D eigenvalue weighted by molar-refractivity contribution is 9.10. The fourth-order valence-electron chi connectivity index (χ4n) is 3.13. The van der Waals surface area contributed by atoms with Crippen molar-refractivity contribution in [3.05, 3.63) is 67.9 Å². The number of hydrogen-bond donors (Lipinski definition) is 1. The number of nitrogens with one attached hydrogen (secondary N) is 1. The van der Waals surface area contributed by atoms with Crippen molar-refractivity contribution in [2.75, 3.05) is 0 Å². The first kappa shape index (κ1) is 15.8. The molecule has 1 aliphatic heterocycles. The predicted molar refractivity (Wildman–Crippen MR) is 98.9 cm³/mol. The molecule has 3 heterocycles. The van der Waals surface area contributed by atoms with Gasteiger partial charge in [0.1, 0.15) is 12.0 Å². The van der Waals surface area contributed by atoms with Crippen LogP contribution in [-0.4, -0.2) is 15.9 Å². The molecule has 0 aliphatic carbocycles. The van der Waals surface area contributed by atoms with E-state index in [1.165, 1.54) is 0 Å². The lowest BCUT2D eigenvalue weighted by atomic mass is 9.77. The number of aromatic amines is 1. The molecule has 2 unspecified atom stereocenters. The summed E-state index contributed by atoms with van der Waals surface area (Å²) in [4.78, 5) is 5.62. The zero-order valence-electron chi connectivity index (χ0n) is 12.8. The van der Waals surface area contributed by atoms with Gasteiger partial charge >= 0.3 is 0 Å². The second kappa shape index (κ2) is 6.29. The number of nitrogens with zero attached hydrogens (tertiary/aromatic N) is 4. The Kier molecular flexibility index (Phi) is 3.96. The van der Waals surface area contributed by atoms with Crippen molar-refractivity contribution >= 4 is 38.8 Å². The fourth-order valence-corrected chi connectivity index (χ4v) is 4.48. The number of hydrogen-bond acceptors (Lipinski definition) is 5. The maximum absolute atomic E-state index is 9.94. The number of benzene rings is 1. The van der Waals surface area contributed by atoms with Crippen molar-refractivity contribution in [3.8, 4) is 12.1 Å². The summed E-state index contributed by atoms with van der Waals surface area (Å²) in [7, 11) is 0. The average molecular weight is 408 g/mol. The average Bonchev–Trinajstić information content (AvgIpc) is 3.31. The highest BCUT2D eigenvalue weighted by Gasteiger charge is 2.38. The molecule has 0 radical (unpaired) electrons. The van der Waals surface area contributed by atoms with Gasteiger partial charge in [0, 0.05) is 20.8 Å². The Bertz CT molecular complexity index is 1050. The molecular weight excluding hydrogens is 398 g/mol. The fraction of sp³-hybridized carbons (Fsp3) is 0.111. The summed E-state index contributed by atoms with van der Waals surface area (Å²) in [5.74, 6) is -0.0563. The van der Waals surface area contributed by atoms with E-state index in [1.807, 2.05) is 29.6 Å². The highest BCUT2D eigenvalue weighted by atomic mass is 79.9. The van der Waals surface area contributed by atoms with Crippen LogP contribution in [0.3, 0.4) is 0 Å². The van der Waals surface area contributed by atoms with E-state index in [1.54, 1.807) is 23.6 Å². The summed E-state index contributed by atoms with van der Waals surface area (Å²) in [5.41, 5.74) is 3.02. The number of thiophene rings is 1. The summed E-state index contributed by atoms with van der Waals surface area (Å²) in [6.45, 7) is 0. The van der Waals surface area contributed by atoms with Crippen LogP contribution in [0.25, 0.3) is 0 Å². The van der Waals surface area contributed by atoms with E-state index >= 15 is 0 Å². The Balaban J connectivity index is 1.95. The van der Waals surface area contributed by atoms with Gasteiger partial charge in [0.05, 0.1) is 23.5 Å². The first-order chi connectivity index (χ1) is 12.2. The minimum atomic E-state index is -0.464. The van der Waals surface area contributed by atoms with Crippen LogP contribution in [-0.2, 0) is 0 Å². The number of aromatic nitrogens is 2. The quantitative estimate of drug-likeness (QED) is 0.677. The second-order valence-corrected chi connectivity index (χ2v) is 7.29. The maximum Gasteiger partial charge on any atom is 0.152 e. The molecule has 4 rings (SSSR count). The molecule has 0 bridgehead atoms. The van der Waals surface area contributed by atoms with Crippen molar-refractivity contribution in [1.29, 1.82) is 10.5 Å². The largest absolute Gasteiger partial charge is 0.261 e. The minimum absolute atomic E-state index is 0.254. The molecule has 1 aromatic carbocycles. The van der Waals surface area contributed by atoms with Crippen molar-refractivity contribution in [3.63, 3.8) is 0 Å². The summed E-state index contributed by atoms with van der Waals surface area (Å²) in [6, 6.07) is 14.0. The summed E-state index contributed by atoms with van der Waals surface area (Å²) < 4.78 is 0.710. The summed E-state index contributed by atoms with van der Waals surface area (Å²) in [6.07, 6.45) is 1.71. The Labute approximate surface area is 156 Å². The SMILES string of the molecule is N#Cc1cccc(C2c3cn[nH]c3N=C(c3cccs3)C2C#N)c1Br. The third kappa shape index (κ3) is 2.49. The first-order valence-electron chi connectivity index (χ1n) is 7.48. The Hall–Kier alpha value is -2.74. The summed E-state index contributed by atoms with van der Waals surface area (Å²) >= 11 is 5.10. The van der Waals surface area contributed by atoms with Gasteiger partial charge in [-0.1, -0.05) is 18.2 Å². The highest BCUT2D eigenvalue weighted by Crippen LogP contribution is 2.45. The Morgan fingerprint density at radius 3 is 2.76 bits per heavy atom. The molecule has 0 saturated heterocycles. The molecule has 0 amide bonds. The van der Waals surface area contributed by atoms with E-state index in [2.05, 4.69) is 43.3 Å². The molecule has 7 heteroatoms. The molecule has 2 atom stereocenters. The number of nitriles is 2. The second-order valence-electron chi connectivity index (χ2n) is 5.55. The number of aliphatic imine (C=N–C) groups is 1. The van der Waals surface area contributed by atoms with Crippen molar-refractivity contribution in [2.45, 2.75) is 5.92 Å². The van der Waals surface area contributed by atoms with Crippen LogP contribution in [0, 0.1) is 28.6 Å². The molecule has 3 aromatic rings. The number of halogens is 1. The van der Waals surface area contributed by atoms with Gasteiger partial charge in [0.2, 0.25) is 0 Å². The number of fused-ring (bicyclic) bond motifs is 1. The molecule has 0 saturated carbocycles. The van der Waals surface area contributed by atoms with E-state index in [9.17, 15) is 10.5 Å². The number of rotatable bonds is 2. The first-order valence-corrected chi connectivity index (χ1v) is 9.15. The summed E-state index contributed by atoms with van der Waals surface area (Å²) in [5, 5.41) is 28.3. The smallest absolute Gasteiger partial charge is 0.152 e. The van der Waals surface area contributed by atoms with Gasteiger partial charge in [-0.05, 0) is 39.0 Å². The van der Waals surface area contributed by atoms with Crippen molar-refractivity contribution in [2.24, 2.45) is 10.9 Å². The van der Waals surface area contributed by atoms with Gasteiger partial charge in [-0.2, -0.15) is 15.6 Å². The van der Waals surface area contributed by atoms with Gasteiger partial charge in [0.25, 0.3) is 0 Å². The van der Waals surface area contributed by atoms with Gasteiger partial charge in [-0.15, -0.1) is 11.3 Å². The predicted octanol–water partition coefficient (Wildman–Crippen LogP) is 4.51. The van der Waals surface area contributed by atoms with Gasteiger partial charge < -0.3 is 0 Å². The Morgan fingerprint density at radius 2 is 2.04 bits per heavy atom. The zero-order chi connectivity index (χ0) is 17.4. The van der Waals surface area contributed by atoms with Crippen molar-refractivity contribution < 1.29 is 0 Å². The maximum atomic E-state index is 9.94. The molecule has 120 valence electrons. The molecule has 2 aromatic heterocycles. The van der Waals surface area contributed by atoms with Crippen LogP contribution in [0.5, 0.6) is 0 Å². The third-order valence-corrected chi connectivity index (χ3v) is 6.02. The normalized spacial score (nSPS) is 18.8. The van der Waals surface area contributed by atoms with Crippen LogP contribution in [0.1, 0.15) is 27.5 Å². The topological polar surface area (TPSA) is 88.6 Å². The van der Waals surface area contributed by atoms with Gasteiger partial charge in [0.15, 0.2) is 5.82 Å². The molecule has 0 fully saturated rings. The Morgan fingerprint density at radius 1 is 1.16 bits per heavy atom. The standard InChI is InChI=1S/C18H10BrN5S/c19-16-10(7-20)3-1-4-11(16)15-12(8-21)17(14-5-2-6-25-14)23-18-13(15)9-22-24-18/h1-6,9,12,15H,(H,22,24). The minimum Gasteiger partial charge on any atom is -0.261 e. The van der Waals surface area contributed by atoms with Crippen LogP contribution in [0.4, 0.5) is 5.82 Å². The van der Waals surface area contributed by atoms with Crippen LogP contribution in [0.2, 0.25) is 0 Å². The third-order valence-electron chi connectivity index (χ3n) is 4.24. The molecular formula is C18H10BrN5S. The van der Waals surface area contributed by atoms with Crippen LogP contribution < -0.4 is 0 Å². The van der Waals surface area contributed by atoms with E-state index < -0.39 is 5.92 Å². The van der Waals surface area contributed by atoms with Gasteiger partial charge in [-0.25, -0.2) is 4.99 Å². The van der Waals surface area contributed by atoms with Crippen LogP contribution >= 0.6 is 27.3 Å². The molecule has 5 nitrogen and oxygen atoms in total. The lowest BCUT2D eigenvalue weighted by Gasteiger charge is -2.27. The van der Waals surface area contributed by atoms with Crippen LogP contribution in [0.15, 0.2) is 51.4 Å². The van der Waals surface area contributed by atoms with Crippen molar-refractivity contribution in [1.82, 2.24) is 10.2 Å². The number of H-pyrrole nitrogens is 1.